The number of hydrogen-bond donors (Lipinski definition) is 2. The molecule has 0 unspecified atom stereocenters. The van der Waals surface area contributed by atoms with Crippen molar-refractivity contribution < 1.29 is 9.90 Å². The molecule has 0 aliphatic rings. The van der Waals surface area contributed by atoms with Crippen LogP contribution in [0.25, 0.3) is 10.9 Å². The van der Waals surface area contributed by atoms with Crippen molar-refractivity contribution in [2.75, 3.05) is 5.32 Å². The number of carbonyl (C=O) groups excluding carboxylic acids is 1. The minimum atomic E-state index is -0.725. The Morgan fingerprint density at radius 1 is 1.12 bits per heavy atom. The Bertz CT molecular complexity index is 1010. The summed E-state index contributed by atoms with van der Waals surface area (Å²) in [7, 11) is 1.51. The third-order valence-corrected chi connectivity index (χ3v) is 4.24. The molecule has 0 aliphatic carbocycles. The Hall–Kier alpha value is -2.50. The van der Waals surface area contributed by atoms with Crippen LogP contribution < -0.4 is 10.9 Å². The number of anilines is 1. The van der Waals surface area contributed by atoms with Crippen LogP contribution in [0.15, 0.2) is 47.3 Å². The average Bonchev–Trinajstić information content (AvgIpc) is 2.55. The molecule has 0 saturated heterocycles. The lowest BCUT2D eigenvalue weighted by atomic mass is 10.1. The van der Waals surface area contributed by atoms with Crippen molar-refractivity contribution in [3.8, 4) is 5.75 Å². The van der Waals surface area contributed by atoms with E-state index in [-0.39, 0.29) is 16.0 Å². The van der Waals surface area contributed by atoms with Crippen molar-refractivity contribution >= 4 is 45.7 Å². The van der Waals surface area contributed by atoms with E-state index < -0.39 is 17.2 Å². The summed E-state index contributed by atoms with van der Waals surface area (Å²) in [6.07, 6.45) is 0. The van der Waals surface area contributed by atoms with Crippen LogP contribution in [0.3, 0.4) is 0 Å². The van der Waals surface area contributed by atoms with E-state index in [0.717, 1.165) is 0 Å². The minimum Gasteiger partial charge on any atom is -0.506 e. The SMILES string of the molecule is Cn1c(=O)c(C(=O)Nc2ccc(Cl)cc2)c(O)c2c(Cl)cccc21. The average molecular weight is 363 g/mol. The van der Waals surface area contributed by atoms with Crippen molar-refractivity contribution in [2.24, 2.45) is 7.05 Å². The highest BCUT2D eigenvalue weighted by Crippen LogP contribution is 2.32. The van der Waals surface area contributed by atoms with E-state index in [1.807, 2.05) is 0 Å². The number of nitrogens with one attached hydrogen (secondary N) is 1. The highest BCUT2D eigenvalue weighted by molar-refractivity contribution is 6.36. The normalized spacial score (nSPS) is 10.8. The topological polar surface area (TPSA) is 71.3 Å². The monoisotopic (exact) mass is 362 g/mol. The van der Waals surface area contributed by atoms with Crippen LogP contribution in [0.2, 0.25) is 10.0 Å². The van der Waals surface area contributed by atoms with E-state index in [1.54, 1.807) is 42.5 Å². The number of benzene rings is 2. The lowest BCUT2D eigenvalue weighted by molar-refractivity contribution is 0.102. The fourth-order valence-electron chi connectivity index (χ4n) is 2.46. The van der Waals surface area contributed by atoms with Crippen LogP contribution in [0, 0.1) is 0 Å². The van der Waals surface area contributed by atoms with Gasteiger partial charge in [0.15, 0.2) is 0 Å². The number of aromatic hydroxyl groups is 1. The molecule has 7 heteroatoms. The van der Waals surface area contributed by atoms with E-state index in [4.69, 9.17) is 23.2 Å². The molecule has 0 spiro atoms. The Kier molecular flexibility index (Phi) is 4.22. The molecule has 0 radical (unpaired) electrons. The zero-order valence-corrected chi connectivity index (χ0v) is 14.0. The fourth-order valence-corrected chi connectivity index (χ4v) is 2.85. The Morgan fingerprint density at radius 3 is 2.46 bits per heavy atom. The van der Waals surface area contributed by atoms with Gasteiger partial charge in [-0.05, 0) is 36.4 Å². The van der Waals surface area contributed by atoms with Gasteiger partial charge in [0.1, 0.15) is 11.3 Å². The lowest BCUT2D eigenvalue weighted by Crippen LogP contribution is -2.28. The Morgan fingerprint density at radius 2 is 1.79 bits per heavy atom. The summed E-state index contributed by atoms with van der Waals surface area (Å²) in [5.74, 6) is -1.16. The van der Waals surface area contributed by atoms with E-state index >= 15 is 0 Å². The number of halogens is 2. The number of aryl methyl sites for hydroxylation is 1. The summed E-state index contributed by atoms with van der Waals surface area (Å²) >= 11 is 11.9. The molecule has 2 aromatic carbocycles. The van der Waals surface area contributed by atoms with E-state index in [0.29, 0.717) is 16.2 Å². The molecule has 2 N–H and O–H groups in total. The first kappa shape index (κ1) is 16.4. The lowest BCUT2D eigenvalue weighted by Gasteiger charge is -2.13. The summed E-state index contributed by atoms with van der Waals surface area (Å²) in [5.41, 5.74) is -0.0973. The van der Waals surface area contributed by atoms with Gasteiger partial charge < -0.3 is 15.0 Å². The molecule has 1 amide bonds. The standard InChI is InChI=1S/C17H12Cl2N2O3/c1-21-12-4-2-3-11(19)13(12)15(22)14(17(21)24)16(23)20-10-7-5-9(18)6-8-10/h2-8,22H,1H3,(H,20,23). The maximum atomic E-state index is 12.5. The van der Waals surface area contributed by atoms with Gasteiger partial charge in [-0.3, -0.25) is 9.59 Å². The molecule has 24 heavy (non-hydrogen) atoms. The summed E-state index contributed by atoms with van der Waals surface area (Å²) in [5, 5.41) is 14.0. The van der Waals surface area contributed by atoms with Crippen LogP contribution >= 0.6 is 23.2 Å². The zero-order valence-electron chi connectivity index (χ0n) is 12.5. The fraction of sp³-hybridized carbons (Fsp3) is 0.0588. The van der Waals surface area contributed by atoms with Crippen molar-refractivity contribution in [3.63, 3.8) is 0 Å². The molecular formula is C17H12Cl2N2O3. The van der Waals surface area contributed by atoms with Crippen LogP contribution in [0.4, 0.5) is 5.69 Å². The van der Waals surface area contributed by atoms with Gasteiger partial charge in [-0.25, -0.2) is 0 Å². The summed E-state index contributed by atoms with van der Waals surface area (Å²) in [6.45, 7) is 0. The van der Waals surface area contributed by atoms with E-state index in [1.165, 1.54) is 11.6 Å². The van der Waals surface area contributed by atoms with Gasteiger partial charge in [-0.1, -0.05) is 29.3 Å². The number of pyridine rings is 1. The van der Waals surface area contributed by atoms with Crippen molar-refractivity contribution in [1.29, 1.82) is 0 Å². The van der Waals surface area contributed by atoms with Crippen LogP contribution in [-0.4, -0.2) is 15.6 Å². The molecule has 5 nitrogen and oxygen atoms in total. The summed E-state index contributed by atoms with van der Waals surface area (Å²) in [4.78, 5) is 25.0. The van der Waals surface area contributed by atoms with Gasteiger partial charge in [0.05, 0.1) is 15.9 Å². The number of fused-ring (bicyclic) bond motifs is 1. The number of rotatable bonds is 2. The van der Waals surface area contributed by atoms with Crippen LogP contribution in [-0.2, 0) is 7.05 Å². The molecule has 0 aliphatic heterocycles. The first-order valence-electron chi connectivity index (χ1n) is 6.97. The van der Waals surface area contributed by atoms with Crippen molar-refractivity contribution in [2.45, 2.75) is 0 Å². The minimum absolute atomic E-state index is 0.251. The molecular weight excluding hydrogens is 351 g/mol. The molecule has 0 bridgehead atoms. The van der Waals surface area contributed by atoms with Gasteiger partial charge >= 0.3 is 0 Å². The van der Waals surface area contributed by atoms with Gasteiger partial charge in [0.25, 0.3) is 11.5 Å². The Labute approximate surface area is 147 Å². The van der Waals surface area contributed by atoms with Gasteiger partial charge in [0, 0.05) is 17.8 Å². The third-order valence-electron chi connectivity index (χ3n) is 3.67. The number of nitrogens with zero attached hydrogens (tertiary/aromatic N) is 1. The van der Waals surface area contributed by atoms with Gasteiger partial charge in [0.2, 0.25) is 0 Å². The predicted octanol–water partition coefficient (Wildman–Crippen LogP) is 3.80. The molecule has 3 rings (SSSR count). The third kappa shape index (κ3) is 2.72. The maximum absolute atomic E-state index is 12.5. The van der Waals surface area contributed by atoms with Gasteiger partial charge in [-0.15, -0.1) is 0 Å². The molecule has 1 heterocycles. The van der Waals surface area contributed by atoms with Crippen LogP contribution in [0.1, 0.15) is 10.4 Å². The smallest absolute Gasteiger partial charge is 0.267 e. The highest BCUT2D eigenvalue weighted by atomic mass is 35.5. The Balaban J connectivity index is 2.15. The van der Waals surface area contributed by atoms with E-state index in [2.05, 4.69) is 5.32 Å². The summed E-state index contributed by atoms with van der Waals surface area (Å²) in [6, 6.07) is 11.3. The largest absolute Gasteiger partial charge is 0.506 e. The van der Waals surface area contributed by atoms with Crippen molar-refractivity contribution in [3.05, 3.63) is 68.4 Å². The van der Waals surface area contributed by atoms with Crippen LogP contribution in [0.5, 0.6) is 5.75 Å². The quantitative estimate of drug-likeness (QED) is 0.728. The summed E-state index contributed by atoms with van der Waals surface area (Å²) < 4.78 is 1.28. The molecule has 0 atom stereocenters. The number of carbonyl (C=O) groups is 1. The number of aromatic nitrogens is 1. The zero-order chi connectivity index (χ0) is 17.4. The first-order chi connectivity index (χ1) is 11.4. The molecule has 0 fully saturated rings. The molecule has 3 aromatic rings. The predicted molar refractivity (Wildman–Crippen MR) is 95.3 cm³/mol. The maximum Gasteiger partial charge on any atom is 0.267 e. The molecule has 1 aromatic heterocycles. The second-order valence-electron chi connectivity index (χ2n) is 5.18. The first-order valence-corrected chi connectivity index (χ1v) is 7.73. The van der Waals surface area contributed by atoms with Crippen molar-refractivity contribution in [1.82, 2.24) is 4.57 Å². The highest BCUT2D eigenvalue weighted by Gasteiger charge is 2.22. The number of hydrogen-bond acceptors (Lipinski definition) is 3. The molecule has 122 valence electrons. The number of amides is 1. The molecule has 0 saturated carbocycles. The second-order valence-corrected chi connectivity index (χ2v) is 6.03. The van der Waals surface area contributed by atoms with Gasteiger partial charge in [-0.2, -0.15) is 0 Å². The van der Waals surface area contributed by atoms with E-state index in [9.17, 15) is 14.7 Å². The second kappa shape index (κ2) is 6.19.